The van der Waals surface area contributed by atoms with E-state index in [1.807, 2.05) is 18.7 Å². The fourth-order valence-corrected chi connectivity index (χ4v) is 3.17. The number of nitrogens with two attached hydrogens (primary N) is 1. The van der Waals surface area contributed by atoms with Crippen LogP contribution < -0.4 is 5.73 Å². The number of hydrogen-bond donors (Lipinski definition) is 1. The zero-order valence-electron chi connectivity index (χ0n) is 11.7. The van der Waals surface area contributed by atoms with Gasteiger partial charge in [0.25, 0.3) is 0 Å². The molecule has 3 heteroatoms. The molecule has 0 spiro atoms. The van der Waals surface area contributed by atoms with E-state index in [9.17, 15) is 0 Å². The van der Waals surface area contributed by atoms with Gasteiger partial charge in [-0.2, -0.15) is 5.10 Å². The number of hydrogen-bond acceptors (Lipinski definition) is 2. The molecular weight excluding hydrogens is 234 g/mol. The van der Waals surface area contributed by atoms with E-state index in [4.69, 9.17) is 5.73 Å². The summed E-state index contributed by atoms with van der Waals surface area (Å²) < 4.78 is 1.96. The average molecular weight is 255 g/mol. The van der Waals surface area contributed by atoms with Crippen molar-refractivity contribution in [2.45, 2.75) is 38.1 Å². The molecule has 1 aliphatic carbocycles. The van der Waals surface area contributed by atoms with E-state index in [1.165, 1.54) is 16.8 Å². The van der Waals surface area contributed by atoms with Gasteiger partial charge < -0.3 is 5.73 Å². The summed E-state index contributed by atoms with van der Waals surface area (Å²) in [4.78, 5) is 0. The number of benzene rings is 1. The highest BCUT2D eigenvalue weighted by Crippen LogP contribution is 2.29. The molecule has 19 heavy (non-hydrogen) atoms. The van der Waals surface area contributed by atoms with E-state index < -0.39 is 0 Å². The molecule has 1 heterocycles. The Hall–Kier alpha value is -1.61. The van der Waals surface area contributed by atoms with Gasteiger partial charge in [0.1, 0.15) is 0 Å². The van der Waals surface area contributed by atoms with Crippen LogP contribution in [0.5, 0.6) is 0 Å². The second kappa shape index (κ2) is 4.49. The zero-order valence-corrected chi connectivity index (χ0v) is 11.7. The second-order valence-corrected chi connectivity index (χ2v) is 5.89. The Labute approximate surface area is 114 Å². The third kappa shape index (κ3) is 2.43. The monoisotopic (exact) mass is 255 g/mol. The minimum Gasteiger partial charge on any atom is -0.324 e. The molecule has 1 atom stereocenters. The predicted molar refractivity (Wildman–Crippen MR) is 77.0 cm³/mol. The van der Waals surface area contributed by atoms with Crippen molar-refractivity contribution in [1.29, 1.82) is 0 Å². The van der Waals surface area contributed by atoms with E-state index in [1.54, 1.807) is 0 Å². The van der Waals surface area contributed by atoms with Gasteiger partial charge in [-0.3, -0.25) is 4.68 Å². The van der Waals surface area contributed by atoms with Crippen LogP contribution in [0.15, 0.2) is 30.3 Å². The fourth-order valence-electron chi connectivity index (χ4n) is 3.17. The van der Waals surface area contributed by atoms with Crippen LogP contribution in [0.4, 0.5) is 0 Å². The van der Waals surface area contributed by atoms with Crippen molar-refractivity contribution in [2.24, 2.45) is 12.8 Å². The quantitative estimate of drug-likeness (QED) is 0.893. The van der Waals surface area contributed by atoms with Crippen LogP contribution in [0.2, 0.25) is 0 Å². The van der Waals surface area contributed by atoms with Crippen LogP contribution >= 0.6 is 0 Å². The molecule has 0 fully saturated rings. The maximum absolute atomic E-state index is 6.64. The predicted octanol–water partition coefficient (Wildman–Crippen LogP) is 2.16. The number of rotatable bonds is 2. The summed E-state index contributed by atoms with van der Waals surface area (Å²) in [6, 6.07) is 10.8. The first-order valence-electron chi connectivity index (χ1n) is 6.91. The van der Waals surface area contributed by atoms with Gasteiger partial charge in [0.05, 0.1) is 5.69 Å². The van der Waals surface area contributed by atoms with E-state index in [0.29, 0.717) is 0 Å². The van der Waals surface area contributed by atoms with Gasteiger partial charge in [0.15, 0.2) is 0 Å². The molecule has 0 saturated heterocycles. The fraction of sp³-hybridized carbons (Fsp3) is 0.438. The number of nitrogens with zero attached hydrogens (tertiary/aromatic N) is 2. The molecule has 0 saturated carbocycles. The molecule has 0 amide bonds. The Kier molecular flexibility index (Phi) is 2.94. The van der Waals surface area contributed by atoms with Crippen molar-refractivity contribution in [3.05, 3.63) is 52.8 Å². The van der Waals surface area contributed by atoms with E-state index in [0.717, 1.165) is 31.4 Å². The first-order valence-corrected chi connectivity index (χ1v) is 6.91. The van der Waals surface area contributed by atoms with Crippen LogP contribution in [0, 0.1) is 6.92 Å². The van der Waals surface area contributed by atoms with Crippen LogP contribution in [-0.2, 0) is 26.3 Å². The highest BCUT2D eigenvalue weighted by atomic mass is 15.3. The molecule has 1 aromatic heterocycles. The summed E-state index contributed by atoms with van der Waals surface area (Å²) in [6.07, 6.45) is 4.00. The van der Waals surface area contributed by atoms with Gasteiger partial charge in [-0.1, -0.05) is 24.3 Å². The lowest BCUT2D eigenvalue weighted by molar-refractivity contribution is 0.361. The highest BCUT2D eigenvalue weighted by Gasteiger charge is 2.31. The third-order valence-electron chi connectivity index (χ3n) is 4.19. The van der Waals surface area contributed by atoms with E-state index >= 15 is 0 Å². The van der Waals surface area contributed by atoms with Crippen molar-refractivity contribution < 1.29 is 0 Å². The molecule has 0 bridgehead atoms. The van der Waals surface area contributed by atoms with E-state index in [2.05, 4.69) is 35.4 Å². The Morgan fingerprint density at radius 2 is 2.05 bits per heavy atom. The SMILES string of the molecule is Cc1cc(CC2(N)CCc3ccccc3C2)n(C)n1. The Balaban J connectivity index is 1.84. The summed E-state index contributed by atoms with van der Waals surface area (Å²) in [7, 11) is 2.00. The average Bonchev–Trinajstić information content (AvgIpc) is 2.67. The lowest BCUT2D eigenvalue weighted by Gasteiger charge is -2.34. The molecule has 1 aromatic carbocycles. The largest absolute Gasteiger partial charge is 0.324 e. The summed E-state index contributed by atoms with van der Waals surface area (Å²) in [5, 5.41) is 4.41. The first kappa shape index (κ1) is 12.4. The van der Waals surface area contributed by atoms with Crippen molar-refractivity contribution in [3.8, 4) is 0 Å². The molecule has 100 valence electrons. The van der Waals surface area contributed by atoms with E-state index in [-0.39, 0.29) is 5.54 Å². The Morgan fingerprint density at radius 1 is 1.32 bits per heavy atom. The minimum absolute atomic E-state index is 0.130. The summed E-state index contributed by atoms with van der Waals surface area (Å²) in [6.45, 7) is 2.03. The summed E-state index contributed by atoms with van der Waals surface area (Å²) >= 11 is 0. The molecule has 2 N–H and O–H groups in total. The van der Waals surface area contributed by atoms with Crippen molar-refractivity contribution in [2.75, 3.05) is 0 Å². The standard InChI is InChI=1S/C16H21N3/c1-12-9-15(19(2)18-12)11-16(17)8-7-13-5-3-4-6-14(13)10-16/h3-6,9H,7-8,10-11,17H2,1-2H3. The van der Waals surface area contributed by atoms with Crippen LogP contribution in [0.3, 0.4) is 0 Å². The lowest BCUT2D eigenvalue weighted by atomic mass is 9.76. The third-order valence-corrected chi connectivity index (χ3v) is 4.19. The maximum atomic E-state index is 6.64. The van der Waals surface area contributed by atoms with Crippen molar-refractivity contribution in [1.82, 2.24) is 9.78 Å². The highest BCUT2D eigenvalue weighted by molar-refractivity contribution is 5.32. The Morgan fingerprint density at radius 3 is 2.74 bits per heavy atom. The molecular formula is C16H21N3. The summed E-state index contributed by atoms with van der Waals surface area (Å²) in [5.41, 5.74) is 11.7. The summed E-state index contributed by atoms with van der Waals surface area (Å²) in [5.74, 6) is 0. The van der Waals surface area contributed by atoms with Gasteiger partial charge in [0, 0.05) is 24.7 Å². The van der Waals surface area contributed by atoms with Crippen LogP contribution in [0.1, 0.15) is 28.9 Å². The Bertz CT molecular complexity index is 600. The number of fused-ring (bicyclic) bond motifs is 1. The normalized spacial score (nSPS) is 22.3. The van der Waals surface area contributed by atoms with Gasteiger partial charge in [0.2, 0.25) is 0 Å². The topological polar surface area (TPSA) is 43.8 Å². The van der Waals surface area contributed by atoms with Gasteiger partial charge in [-0.15, -0.1) is 0 Å². The van der Waals surface area contributed by atoms with Crippen molar-refractivity contribution in [3.63, 3.8) is 0 Å². The van der Waals surface area contributed by atoms with Gasteiger partial charge in [-0.05, 0) is 43.4 Å². The molecule has 1 unspecified atom stereocenters. The molecule has 0 radical (unpaired) electrons. The molecule has 3 nitrogen and oxygen atoms in total. The van der Waals surface area contributed by atoms with Crippen LogP contribution in [-0.4, -0.2) is 15.3 Å². The van der Waals surface area contributed by atoms with Gasteiger partial charge in [-0.25, -0.2) is 0 Å². The van der Waals surface area contributed by atoms with Crippen molar-refractivity contribution >= 4 is 0 Å². The number of aryl methyl sites for hydroxylation is 3. The molecule has 1 aliphatic rings. The van der Waals surface area contributed by atoms with Gasteiger partial charge >= 0.3 is 0 Å². The maximum Gasteiger partial charge on any atom is 0.0596 e. The van der Waals surface area contributed by atoms with Crippen LogP contribution in [0.25, 0.3) is 0 Å². The molecule has 2 aromatic rings. The number of aromatic nitrogens is 2. The molecule has 3 rings (SSSR count). The minimum atomic E-state index is -0.130. The second-order valence-electron chi connectivity index (χ2n) is 5.89. The lowest BCUT2D eigenvalue weighted by Crippen LogP contribution is -2.47. The first-order chi connectivity index (χ1) is 9.06. The smallest absolute Gasteiger partial charge is 0.0596 e. The zero-order chi connectivity index (χ0) is 13.5. The molecule has 0 aliphatic heterocycles.